The van der Waals surface area contributed by atoms with E-state index in [1.54, 1.807) is 24.3 Å². The molecule has 1 aromatic carbocycles. The van der Waals surface area contributed by atoms with E-state index < -0.39 is 0 Å². The van der Waals surface area contributed by atoms with Gasteiger partial charge in [0, 0.05) is 16.5 Å². The number of hydrogen-bond acceptors (Lipinski definition) is 2. The van der Waals surface area contributed by atoms with E-state index >= 15 is 0 Å². The van der Waals surface area contributed by atoms with Gasteiger partial charge in [0.1, 0.15) is 0 Å². The standard InChI is InChI=1S/C8H8O2.Ni/c1-10-8(9)7-5-3-2-4-6-7;/h2-6H,1H3;. The number of hydrogen-bond donors (Lipinski definition) is 0. The summed E-state index contributed by atoms with van der Waals surface area (Å²) in [5.41, 5.74) is 0.588. The van der Waals surface area contributed by atoms with E-state index in [0.29, 0.717) is 5.56 Å². The number of methoxy groups -OCH3 is 1. The van der Waals surface area contributed by atoms with Crippen molar-refractivity contribution in [3.05, 3.63) is 35.9 Å². The quantitative estimate of drug-likeness (QED) is 0.500. The van der Waals surface area contributed by atoms with Gasteiger partial charge in [-0.1, -0.05) is 18.2 Å². The molecule has 0 aliphatic rings. The number of ether oxygens (including phenoxy) is 1. The maximum Gasteiger partial charge on any atom is 0.337 e. The summed E-state index contributed by atoms with van der Waals surface area (Å²) in [7, 11) is 1.37. The van der Waals surface area contributed by atoms with E-state index in [1.807, 2.05) is 6.07 Å². The third-order valence-corrected chi connectivity index (χ3v) is 1.19. The zero-order valence-electron chi connectivity index (χ0n) is 6.02. The van der Waals surface area contributed by atoms with Crippen LogP contribution in [0.25, 0.3) is 0 Å². The second kappa shape index (κ2) is 4.92. The first-order valence-electron chi connectivity index (χ1n) is 2.98. The van der Waals surface area contributed by atoms with Gasteiger partial charge in [0.25, 0.3) is 0 Å². The minimum absolute atomic E-state index is 0. The monoisotopic (exact) mass is 194 g/mol. The van der Waals surface area contributed by atoms with Crippen LogP contribution < -0.4 is 0 Å². The van der Waals surface area contributed by atoms with Crippen molar-refractivity contribution in [3.63, 3.8) is 0 Å². The average molecular weight is 195 g/mol. The van der Waals surface area contributed by atoms with E-state index in [4.69, 9.17) is 0 Å². The second-order valence-corrected chi connectivity index (χ2v) is 1.86. The predicted molar refractivity (Wildman–Crippen MR) is 37.8 cm³/mol. The number of carbonyl (C=O) groups is 1. The molecule has 0 N–H and O–H groups in total. The van der Waals surface area contributed by atoms with Crippen LogP contribution in [-0.2, 0) is 21.2 Å². The molecule has 0 fully saturated rings. The molecule has 3 heteroatoms. The summed E-state index contributed by atoms with van der Waals surface area (Å²) < 4.78 is 4.50. The fraction of sp³-hybridized carbons (Fsp3) is 0.125. The summed E-state index contributed by atoms with van der Waals surface area (Å²) >= 11 is 0. The van der Waals surface area contributed by atoms with Gasteiger partial charge in [-0.2, -0.15) is 0 Å². The van der Waals surface area contributed by atoms with Crippen LogP contribution in [0.2, 0.25) is 0 Å². The van der Waals surface area contributed by atoms with Gasteiger partial charge in [0.05, 0.1) is 12.7 Å². The second-order valence-electron chi connectivity index (χ2n) is 1.86. The molecule has 1 aromatic rings. The molecular formula is C8H8NiO2. The largest absolute Gasteiger partial charge is 0.465 e. The van der Waals surface area contributed by atoms with Crippen LogP contribution in [0.5, 0.6) is 0 Å². The predicted octanol–water partition coefficient (Wildman–Crippen LogP) is 1.47. The minimum Gasteiger partial charge on any atom is -0.465 e. The van der Waals surface area contributed by atoms with E-state index in [2.05, 4.69) is 4.74 Å². The van der Waals surface area contributed by atoms with Crippen LogP contribution in [0.3, 0.4) is 0 Å². The Morgan fingerprint density at radius 3 is 2.27 bits per heavy atom. The molecular weight excluding hydrogens is 187 g/mol. The molecule has 0 radical (unpaired) electrons. The van der Waals surface area contributed by atoms with Gasteiger partial charge in [-0.05, 0) is 12.1 Å². The van der Waals surface area contributed by atoms with Gasteiger partial charge in [-0.25, -0.2) is 4.79 Å². The number of rotatable bonds is 1. The molecule has 62 valence electrons. The van der Waals surface area contributed by atoms with E-state index in [1.165, 1.54) is 7.11 Å². The summed E-state index contributed by atoms with van der Waals surface area (Å²) in [6.45, 7) is 0. The van der Waals surface area contributed by atoms with Gasteiger partial charge < -0.3 is 4.74 Å². The minimum atomic E-state index is -0.291. The van der Waals surface area contributed by atoms with Gasteiger partial charge in [0.2, 0.25) is 0 Å². The summed E-state index contributed by atoms with van der Waals surface area (Å²) in [5, 5.41) is 0. The van der Waals surface area contributed by atoms with Gasteiger partial charge in [-0.3, -0.25) is 0 Å². The Kier molecular flexibility index (Phi) is 4.55. The molecule has 11 heavy (non-hydrogen) atoms. The van der Waals surface area contributed by atoms with Crippen molar-refractivity contribution in [2.45, 2.75) is 0 Å². The number of benzene rings is 1. The maximum atomic E-state index is 10.8. The smallest absolute Gasteiger partial charge is 0.337 e. The zero-order valence-corrected chi connectivity index (χ0v) is 7.01. The van der Waals surface area contributed by atoms with Crippen LogP contribution in [0.4, 0.5) is 0 Å². The molecule has 0 spiro atoms. The molecule has 0 aliphatic carbocycles. The Bertz CT molecular complexity index is 221. The molecule has 0 amide bonds. The van der Waals surface area contributed by atoms with Crippen molar-refractivity contribution in [1.82, 2.24) is 0 Å². The first-order chi connectivity index (χ1) is 4.84. The van der Waals surface area contributed by atoms with Gasteiger partial charge in [0.15, 0.2) is 0 Å². The molecule has 0 saturated heterocycles. The summed E-state index contributed by atoms with van der Waals surface area (Å²) in [5.74, 6) is -0.291. The Morgan fingerprint density at radius 1 is 1.27 bits per heavy atom. The van der Waals surface area contributed by atoms with Crippen molar-refractivity contribution in [3.8, 4) is 0 Å². The molecule has 0 heterocycles. The fourth-order valence-corrected chi connectivity index (χ4v) is 0.692. The van der Waals surface area contributed by atoms with E-state index in [0.717, 1.165) is 0 Å². The first-order valence-corrected chi connectivity index (χ1v) is 2.98. The van der Waals surface area contributed by atoms with Crippen molar-refractivity contribution in [2.24, 2.45) is 0 Å². The molecule has 0 unspecified atom stereocenters. The Balaban J connectivity index is 0.000001000. The summed E-state index contributed by atoms with van der Waals surface area (Å²) in [4.78, 5) is 10.8. The van der Waals surface area contributed by atoms with Crippen molar-refractivity contribution in [1.29, 1.82) is 0 Å². The van der Waals surface area contributed by atoms with E-state index in [-0.39, 0.29) is 22.5 Å². The van der Waals surface area contributed by atoms with Gasteiger partial charge >= 0.3 is 5.97 Å². The Labute approximate surface area is 75.5 Å². The maximum absolute atomic E-state index is 10.8. The molecule has 0 saturated carbocycles. The molecule has 0 atom stereocenters. The Morgan fingerprint density at radius 2 is 1.82 bits per heavy atom. The van der Waals surface area contributed by atoms with E-state index in [9.17, 15) is 4.79 Å². The van der Waals surface area contributed by atoms with Crippen molar-refractivity contribution in [2.75, 3.05) is 7.11 Å². The summed E-state index contributed by atoms with van der Waals surface area (Å²) in [6, 6.07) is 8.88. The van der Waals surface area contributed by atoms with Crippen molar-refractivity contribution >= 4 is 5.97 Å². The van der Waals surface area contributed by atoms with Crippen LogP contribution in [0.15, 0.2) is 30.3 Å². The van der Waals surface area contributed by atoms with Crippen LogP contribution in [-0.4, -0.2) is 13.1 Å². The number of carbonyl (C=O) groups excluding carboxylic acids is 1. The average Bonchev–Trinajstić information content (AvgIpc) is 2.05. The molecule has 0 bridgehead atoms. The molecule has 0 aromatic heterocycles. The van der Waals surface area contributed by atoms with Crippen molar-refractivity contribution < 1.29 is 26.0 Å². The third-order valence-electron chi connectivity index (χ3n) is 1.19. The normalized spacial score (nSPS) is 8.09. The molecule has 2 nitrogen and oxygen atoms in total. The molecule has 0 aliphatic heterocycles. The van der Waals surface area contributed by atoms with Crippen LogP contribution >= 0.6 is 0 Å². The van der Waals surface area contributed by atoms with Crippen LogP contribution in [0.1, 0.15) is 10.4 Å². The number of esters is 1. The topological polar surface area (TPSA) is 26.3 Å². The first kappa shape index (κ1) is 10.2. The zero-order chi connectivity index (χ0) is 7.40. The summed E-state index contributed by atoms with van der Waals surface area (Å²) in [6.07, 6.45) is 0. The SMILES string of the molecule is COC(=O)c1ccccc1.[Ni]. The Hall–Kier alpha value is -0.816. The van der Waals surface area contributed by atoms with Gasteiger partial charge in [-0.15, -0.1) is 0 Å². The molecule has 1 rings (SSSR count). The van der Waals surface area contributed by atoms with Crippen LogP contribution in [0, 0.1) is 0 Å². The third kappa shape index (κ3) is 2.73. The fourth-order valence-electron chi connectivity index (χ4n) is 0.692.